The highest BCUT2D eigenvalue weighted by atomic mass is 16.5. The van der Waals surface area contributed by atoms with Crippen molar-refractivity contribution in [1.29, 1.82) is 0 Å². The minimum absolute atomic E-state index is 0.0960. The zero-order valence-electron chi connectivity index (χ0n) is 8.31. The highest BCUT2D eigenvalue weighted by Gasteiger charge is 2.21. The molecule has 0 spiro atoms. The van der Waals surface area contributed by atoms with Crippen LogP contribution in [-0.2, 0) is 16.0 Å². The summed E-state index contributed by atoms with van der Waals surface area (Å²) in [7, 11) is 0. The Balaban J connectivity index is 2.02. The van der Waals surface area contributed by atoms with Crippen molar-refractivity contribution < 1.29 is 19.1 Å². The fourth-order valence-electron chi connectivity index (χ4n) is 1.64. The molecule has 1 unspecified atom stereocenters. The standard InChI is InChI=1S/C10H13NO4/c12-9(13)5-7-6-15-10(11-7)8-3-1-2-4-14-8/h6,8H,1-5H2,(H,12,13). The number of oxazole rings is 1. The lowest BCUT2D eigenvalue weighted by Gasteiger charge is -2.19. The predicted octanol–water partition coefficient (Wildman–Crippen LogP) is 1.54. The van der Waals surface area contributed by atoms with Gasteiger partial charge in [0, 0.05) is 6.61 Å². The molecule has 0 bridgehead atoms. The van der Waals surface area contributed by atoms with Gasteiger partial charge < -0.3 is 14.3 Å². The van der Waals surface area contributed by atoms with Crippen LogP contribution in [0.25, 0.3) is 0 Å². The van der Waals surface area contributed by atoms with Crippen LogP contribution in [0.2, 0.25) is 0 Å². The van der Waals surface area contributed by atoms with E-state index in [-0.39, 0.29) is 12.5 Å². The molecule has 0 saturated carbocycles. The predicted molar refractivity (Wildman–Crippen MR) is 50.4 cm³/mol. The third-order valence-electron chi connectivity index (χ3n) is 2.36. The van der Waals surface area contributed by atoms with Gasteiger partial charge >= 0.3 is 5.97 Å². The number of hydrogen-bond donors (Lipinski definition) is 1. The van der Waals surface area contributed by atoms with Crippen LogP contribution in [0.4, 0.5) is 0 Å². The summed E-state index contributed by atoms with van der Waals surface area (Å²) in [6.07, 6.45) is 4.26. The number of aromatic nitrogens is 1. The Morgan fingerprint density at radius 3 is 3.13 bits per heavy atom. The van der Waals surface area contributed by atoms with Crippen LogP contribution in [0.1, 0.15) is 37.0 Å². The number of carboxylic acids is 1. The smallest absolute Gasteiger partial charge is 0.309 e. The maximum Gasteiger partial charge on any atom is 0.309 e. The van der Waals surface area contributed by atoms with Gasteiger partial charge in [-0.3, -0.25) is 4.79 Å². The SMILES string of the molecule is O=C(O)Cc1coc(C2CCCCO2)n1. The summed E-state index contributed by atoms with van der Waals surface area (Å²) in [6.45, 7) is 0.724. The van der Waals surface area contributed by atoms with Crippen LogP contribution in [0.3, 0.4) is 0 Å². The lowest BCUT2D eigenvalue weighted by atomic mass is 10.1. The highest BCUT2D eigenvalue weighted by molar-refractivity contribution is 5.69. The highest BCUT2D eigenvalue weighted by Crippen LogP contribution is 2.26. The molecule has 1 aromatic rings. The van der Waals surface area contributed by atoms with Crippen molar-refractivity contribution in [1.82, 2.24) is 4.98 Å². The molecule has 1 fully saturated rings. The summed E-state index contributed by atoms with van der Waals surface area (Å²) in [5.74, 6) is -0.398. The van der Waals surface area contributed by atoms with Gasteiger partial charge in [-0.1, -0.05) is 0 Å². The van der Waals surface area contributed by atoms with E-state index in [4.69, 9.17) is 14.3 Å². The van der Waals surface area contributed by atoms with E-state index in [0.717, 1.165) is 25.9 Å². The van der Waals surface area contributed by atoms with Crippen molar-refractivity contribution in [3.05, 3.63) is 17.8 Å². The van der Waals surface area contributed by atoms with E-state index in [2.05, 4.69) is 4.98 Å². The van der Waals surface area contributed by atoms with Crippen molar-refractivity contribution in [2.24, 2.45) is 0 Å². The van der Waals surface area contributed by atoms with Crippen molar-refractivity contribution in [2.45, 2.75) is 31.8 Å². The molecule has 15 heavy (non-hydrogen) atoms. The van der Waals surface area contributed by atoms with Gasteiger partial charge in [0.05, 0.1) is 12.1 Å². The Labute approximate surface area is 87.1 Å². The largest absolute Gasteiger partial charge is 0.481 e. The molecule has 5 heteroatoms. The van der Waals surface area contributed by atoms with Gasteiger partial charge in [0.2, 0.25) is 5.89 Å². The minimum Gasteiger partial charge on any atom is -0.481 e. The van der Waals surface area contributed by atoms with Gasteiger partial charge in [-0.25, -0.2) is 4.98 Å². The molecule has 1 aromatic heterocycles. The summed E-state index contributed by atoms with van der Waals surface area (Å²) < 4.78 is 10.7. The van der Waals surface area contributed by atoms with Gasteiger partial charge in [-0.05, 0) is 19.3 Å². The number of carbonyl (C=O) groups is 1. The van der Waals surface area contributed by atoms with E-state index >= 15 is 0 Å². The molecule has 82 valence electrons. The van der Waals surface area contributed by atoms with Crippen LogP contribution in [-0.4, -0.2) is 22.7 Å². The van der Waals surface area contributed by atoms with Gasteiger partial charge in [-0.15, -0.1) is 0 Å². The molecule has 0 aromatic carbocycles. The molecule has 0 amide bonds. The Hall–Kier alpha value is -1.36. The quantitative estimate of drug-likeness (QED) is 0.821. The second kappa shape index (κ2) is 4.44. The second-order valence-electron chi connectivity index (χ2n) is 3.60. The number of hydrogen-bond acceptors (Lipinski definition) is 4. The maximum atomic E-state index is 10.4. The number of nitrogens with zero attached hydrogens (tertiary/aromatic N) is 1. The van der Waals surface area contributed by atoms with Crippen molar-refractivity contribution in [2.75, 3.05) is 6.61 Å². The summed E-state index contributed by atoms with van der Waals surface area (Å²) in [5.41, 5.74) is 0.451. The van der Waals surface area contributed by atoms with Gasteiger partial charge in [0.25, 0.3) is 0 Å². The first kappa shape index (κ1) is 10.2. The molecule has 1 aliphatic rings. The molecular weight excluding hydrogens is 198 g/mol. The van der Waals surface area contributed by atoms with Crippen LogP contribution < -0.4 is 0 Å². The third-order valence-corrected chi connectivity index (χ3v) is 2.36. The molecule has 0 radical (unpaired) electrons. The molecule has 0 aliphatic carbocycles. The van der Waals surface area contributed by atoms with E-state index in [1.807, 2.05) is 0 Å². The normalized spacial score (nSPS) is 21.5. The summed E-state index contributed by atoms with van der Waals surface area (Å²) >= 11 is 0. The van der Waals surface area contributed by atoms with Gasteiger partial charge in [-0.2, -0.15) is 0 Å². The second-order valence-corrected chi connectivity index (χ2v) is 3.60. The van der Waals surface area contributed by atoms with Crippen LogP contribution in [0.15, 0.2) is 10.7 Å². The van der Waals surface area contributed by atoms with Crippen molar-refractivity contribution in [3.63, 3.8) is 0 Å². The molecule has 2 heterocycles. The topological polar surface area (TPSA) is 72.6 Å². The maximum absolute atomic E-state index is 10.4. The Morgan fingerprint density at radius 2 is 2.47 bits per heavy atom. The lowest BCUT2D eigenvalue weighted by molar-refractivity contribution is -0.136. The number of rotatable bonds is 3. The van der Waals surface area contributed by atoms with Gasteiger partial charge in [0.1, 0.15) is 12.4 Å². The number of aliphatic carboxylic acids is 1. The number of ether oxygens (including phenoxy) is 1. The Morgan fingerprint density at radius 1 is 1.60 bits per heavy atom. The fourth-order valence-corrected chi connectivity index (χ4v) is 1.64. The molecule has 5 nitrogen and oxygen atoms in total. The molecular formula is C10H13NO4. The van der Waals surface area contributed by atoms with Crippen molar-refractivity contribution >= 4 is 5.97 Å². The molecule has 1 N–H and O–H groups in total. The summed E-state index contributed by atoms with van der Waals surface area (Å²) in [4.78, 5) is 14.5. The number of carboxylic acid groups (broad SMARTS) is 1. The fraction of sp³-hybridized carbons (Fsp3) is 0.600. The van der Waals surface area contributed by atoms with Crippen molar-refractivity contribution in [3.8, 4) is 0 Å². The third kappa shape index (κ3) is 2.56. The Kier molecular flexibility index (Phi) is 3.01. The molecule has 1 atom stereocenters. The molecule has 1 saturated heterocycles. The zero-order chi connectivity index (χ0) is 10.7. The minimum atomic E-state index is -0.903. The van der Waals surface area contributed by atoms with Crippen LogP contribution >= 0.6 is 0 Å². The van der Waals surface area contributed by atoms with Gasteiger partial charge in [0.15, 0.2) is 0 Å². The first-order valence-electron chi connectivity index (χ1n) is 5.03. The van der Waals surface area contributed by atoms with E-state index < -0.39 is 5.97 Å². The van der Waals surface area contributed by atoms with E-state index in [1.54, 1.807) is 0 Å². The van der Waals surface area contributed by atoms with Crippen LogP contribution in [0.5, 0.6) is 0 Å². The monoisotopic (exact) mass is 211 g/mol. The zero-order valence-corrected chi connectivity index (χ0v) is 8.31. The van der Waals surface area contributed by atoms with E-state index in [0.29, 0.717) is 11.6 Å². The average Bonchev–Trinajstić information content (AvgIpc) is 2.67. The first-order chi connectivity index (χ1) is 7.25. The summed E-state index contributed by atoms with van der Waals surface area (Å²) in [5, 5.41) is 8.57. The average molecular weight is 211 g/mol. The van der Waals surface area contributed by atoms with Crippen LogP contribution in [0, 0.1) is 0 Å². The van der Waals surface area contributed by atoms with E-state index in [9.17, 15) is 4.79 Å². The molecule has 1 aliphatic heterocycles. The molecule has 2 rings (SSSR count). The lowest BCUT2D eigenvalue weighted by Crippen LogP contribution is -2.12. The summed E-state index contributed by atoms with van der Waals surface area (Å²) in [6, 6.07) is 0. The Bertz CT molecular complexity index is 341. The first-order valence-corrected chi connectivity index (χ1v) is 5.03. The van der Waals surface area contributed by atoms with E-state index in [1.165, 1.54) is 6.26 Å².